The zero-order valence-corrected chi connectivity index (χ0v) is 12.4. The number of hydrogen-bond acceptors (Lipinski definition) is 2. The number of urea groups is 1. The molecular formula is C15H20FN3O2. The van der Waals surface area contributed by atoms with Crippen LogP contribution in [0.5, 0.6) is 0 Å². The van der Waals surface area contributed by atoms with E-state index < -0.39 is 11.9 Å². The van der Waals surface area contributed by atoms with Crippen LogP contribution in [0.1, 0.15) is 25.8 Å². The molecule has 0 radical (unpaired) electrons. The van der Waals surface area contributed by atoms with Crippen molar-refractivity contribution >= 4 is 17.6 Å². The van der Waals surface area contributed by atoms with E-state index in [-0.39, 0.29) is 24.4 Å². The lowest BCUT2D eigenvalue weighted by Crippen LogP contribution is -2.51. The first-order valence-electron chi connectivity index (χ1n) is 7.05. The molecule has 1 aromatic carbocycles. The lowest BCUT2D eigenvalue weighted by molar-refractivity contribution is -0.121. The minimum absolute atomic E-state index is 0.00135. The second-order valence-electron chi connectivity index (χ2n) is 5.30. The van der Waals surface area contributed by atoms with Gasteiger partial charge in [0.15, 0.2) is 0 Å². The number of hydrogen-bond donors (Lipinski definition) is 2. The number of fused-ring (bicyclic) bond motifs is 1. The molecule has 2 unspecified atom stereocenters. The second kappa shape index (κ2) is 6.11. The van der Waals surface area contributed by atoms with Crippen molar-refractivity contribution in [1.82, 2.24) is 10.2 Å². The van der Waals surface area contributed by atoms with Gasteiger partial charge in [-0.25, -0.2) is 9.18 Å². The van der Waals surface area contributed by atoms with Crippen molar-refractivity contribution in [2.75, 3.05) is 12.4 Å². The summed E-state index contributed by atoms with van der Waals surface area (Å²) in [6.45, 7) is 4.16. The van der Waals surface area contributed by atoms with Gasteiger partial charge in [0.25, 0.3) is 0 Å². The maximum absolute atomic E-state index is 13.4. The molecule has 0 aliphatic carbocycles. The summed E-state index contributed by atoms with van der Waals surface area (Å²) in [5, 5.41) is 5.30. The fourth-order valence-corrected chi connectivity index (χ4v) is 2.56. The smallest absolute Gasteiger partial charge is 0.318 e. The van der Waals surface area contributed by atoms with Crippen LogP contribution >= 0.6 is 0 Å². The first-order valence-corrected chi connectivity index (χ1v) is 7.05. The van der Waals surface area contributed by atoms with E-state index in [0.29, 0.717) is 5.69 Å². The number of carbonyl (C=O) groups excluding carboxylic acids is 2. The number of anilines is 1. The van der Waals surface area contributed by atoms with Crippen LogP contribution in [-0.4, -0.2) is 29.9 Å². The topological polar surface area (TPSA) is 61.4 Å². The van der Waals surface area contributed by atoms with Crippen LogP contribution in [0.25, 0.3) is 0 Å². The van der Waals surface area contributed by atoms with E-state index in [1.54, 1.807) is 6.07 Å². The molecular weight excluding hydrogens is 273 g/mol. The second-order valence-corrected chi connectivity index (χ2v) is 5.30. The van der Waals surface area contributed by atoms with Gasteiger partial charge < -0.3 is 15.5 Å². The first kappa shape index (κ1) is 15.3. The van der Waals surface area contributed by atoms with Crippen molar-refractivity contribution < 1.29 is 14.0 Å². The third-order valence-electron chi connectivity index (χ3n) is 3.93. The van der Waals surface area contributed by atoms with E-state index in [9.17, 15) is 14.0 Å². The fourth-order valence-electron chi connectivity index (χ4n) is 2.56. The van der Waals surface area contributed by atoms with Gasteiger partial charge in [-0.3, -0.25) is 4.79 Å². The van der Waals surface area contributed by atoms with Gasteiger partial charge in [-0.2, -0.15) is 0 Å². The van der Waals surface area contributed by atoms with Gasteiger partial charge in [0.1, 0.15) is 11.9 Å². The molecule has 0 saturated carbocycles. The highest BCUT2D eigenvalue weighted by Gasteiger charge is 2.36. The van der Waals surface area contributed by atoms with E-state index in [4.69, 9.17) is 0 Å². The number of nitrogens with zero attached hydrogens (tertiary/aromatic N) is 1. The number of rotatable bonds is 2. The number of amides is 3. The van der Waals surface area contributed by atoms with E-state index in [0.717, 1.165) is 12.0 Å². The summed E-state index contributed by atoms with van der Waals surface area (Å²) >= 11 is 0. The Hall–Kier alpha value is -2.11. The number of halogens is 1. The summed E-state index contributed by atoms with van der Waals surface area (Å²) in [7, 11) is 1.53. The van der Waals surface area contributed by atoms with Crippen molar-refractivity contribution in [2.45, 2.75) is 32.9 Å². The van der Waals surface area contributed by atoms with Crippen molar-refractivity contribution in [1.29, 1.82) is 0 Å². The van der Waals surface area contributed by atoms with Crippen LogP contribution in [0.2, 0.25) is 0 Å². The molecule has 0 bridgehead atoms. The van der Waals surface area contributed by atoms with Gasteiger partial charge in [0.05, 0.1) is 6.54 Å². The average Bonchev–Trinajstić information content (AvgIpc) is 2.61. The Bertz CT molecular complexity index is 562. The van der Waals surface area contributed by atoms with E-state index in [2.05, 4.69) is 10.6 Å². The van der Waals surface area contributed by atoms with Gasteiger partial charge in [-0.05, 0) is 23.6 Å². The van der Waals surface area contributed by atoms with Gasteiger partial charge in [-0.1, -0.05) is 26.3 Å². The molecule has 114 valence electrons. The molecule has 0 fully saturated rings. The Balaban J connectivity index is 2.45. The van der Waals surface area contributed by atoms with E-state index >= 15 is 0 Å². The van der Waals surface area contributed by atoms with E-state index in [1.165, 1.54) is 24.1 Å². The minimum Gasteiger partial charge on any atom is -0.341 e. The van der Waals surface area contributed by atoms with Gasteiger partial charge in [0, 0.05) is 12.7 Å². The average molecular weight is 293 g/mol. The molecule has 5 nitrogen and oxygen atoms in total. The Morgan fingerprint density at radius 3 is 2.90 bits per heavy atom. The van der Waals surface area contributed by atoms with Crippen molar-refractivity contribution in [3.8, 4) is 0 Å². The van der Waals surface area contributed by atoms with Gasteiger partial charge in [0.2, 0.25) is 5.91 Å². The molecule has 1 heterocycles. The monoisotopic (exact) mass is 293 g/mol. The lowest BCUT2D eigenvalue weighted by Gasteiger charge is -2.31. The molecule has 2 N–H and O–H groups in total. The predicted molar refractivity (Wildman–Crippen MR) is 78.3 cm³/mol. The summed E-state index contributed by atoms with van der Waals surface area (Å²) in [6.07, 6.45) is 0.760. The first-order chi connectivity index (χ1) is 9.97. The molecule has 21 heavy (non-hydrogen) atoms. The summed E-state index contributed by atoms with van der Waals surface area (Å²) in [5.41, 5.74) is 1.15. The molecule has 1 aliphatic heterocycles. The van der Waals surface area contributed by atoms with E-state index in [1.807, 2.05) is 13.8 Å². The van der Waals surface area contributed by atoms with Crippen molar-refractivity contribution in [3.05, 3.63) is 29.6 Å². The van der Waals surface area contributed by atoms with Crippen molar-refractivity contribution in [3.63, 3.8) is 0 Å². The summed E-state index contributed by atoms with van der Waals surface area (Å²) in [6, 6.07) is 3.32. The molecule has 0 spiro atoms. The number of nitrogens with one attached hydrogen (secondary N) is 2. The highest BCUT2D eigenvalue weighted by Crippen LogP contribution is 2.27. The lowest BCUT2D eigenvalue weighted by atomic mass is 9.97. The third-order valence-corrected chi connectivity index (χ3v) is 3.93. The minimum atomic E-state index is -0.578. The number of benzene rings is 1. The Labute approximate surface area is 123 Å². The fraction of sp³-hybridized carbons (Fsp3) is 0.467. The van der Waals surface area contributed by atoms with Crippen LogP contribution in [0.15, 0.2) is 18.2 Å². The van der Waals surface area contributed by atoms with Crippen molar-refractivity contribution in [2.24, 2.45) is 5.92 Å². The highest BCUT2D eigenvalue weighted by molar-refractivity contribution is 5.98. The summed E-state index contributed by atoms with van der Waals surface area (Å²) < 4.78 is 13.4. The third kappa shape index (κ3) is 2.99. The van der Waals surface area contributed by atoms with Crippen LogP contribution in [-0.2, 0) is 11.3 Å². The summed E-state index contributed by atoms with van der Waals surface area (Å²) in [4.78, 5) is 26.1. The molecule has 6 heteroatoms. The molecule has 2 rings (SSSR count). The van der Waals surface area contributed by atoms with Crippen LogP contribution in [0.3, 0.4) is 0 Å². The zero-order chi connectivity index (χ0) is 15.6. The Kier molecular flexibility index (Phi) is 4.45. The molecule has 0 saturated heterocycles. The zero-order valence-electron chi connectivity index (χ0n) is 12.4. The maximum Gasteiger partial charge on any atom is 0.318 e. The number of carbonyl (C=O) groups is 2. The Morgan fingerprint density at radius 1 is 1.57 bits per heavy atom. The standard InChI is InChI=1S/C15H20FN3O2/c1-4-9(2)13-14(20)18-12-7-11(16)6-5-10(12)8-19(13)15(21)17-3/h5-7,9,13H,4,8H2,1-3H3,(H,17,21)(H,18,20). The quantitative estimate of drug-likeness (QED) is 0.879. The highest BCUT2D eigenvalue weighted by atomic mass is 19.1. The molecule has 0 aromatic heterocycles. The van der Waals surface area contributed by atoms with Gasteiger partial charge in [-0.15, -0.1) is 0 Å². The predicted octanol–water partition coefficient (Wildman–Crippen LogP) is 2.33. The van der Waals surface area contributed by atoms with Crippen LogP contribution < -0.4 is 10.6 Å². The normalized spacial score (nSPS) is 19.3. The van der Waals surface area contributed by atoms with Crippen LogP contribution in [0, 0.1) is 11.7 Å². The Morgan fingerprint density at radius 2 is 2.29 bits per heavy atom. The largest absolute Gasteiger partial charge is 0.341 e. The van der Waals surface area contributed by atoms with Gasteiger partial charge >= 0.3 is 6.03 Å². The molecule has 1 aliphatic rings. The molecule has 2 atom stereocenters. The maximum atomic E-state index is 13.4. The SMILES string of the molecule is CCC(C)C1C(=O)Nc2cc(F)ccc2CN1C(=O)NC. The molecule has 3 amide bonds. The molecule has 1 aromatic rings. The van der Waals surface area contributed by atoms with Crippen LogP contribution in [0.4, 0.5) is 14.9 Å². The summed E-state index contributed by atoms with van der Waals surface area (Å²) in [5.74, 6) is -0.693.